The van der Waals surface area contributed by atoms with Crippen molar-refractivity contribution >= 4 is 5.97 Å². The first-order valence-electron chi connectivity index (χ1n) is 6.69. The van der Waals surface area contributed by atoms with Gasteiger partial charge in [0.1, 0.15) is 0 Å². The number of aliphatic carboxylic acids is 1. The Hall–Kier alpha value is -1.39. The van der Waals surface area contributed by atoms with Crippen molar-refractivity contribution in [2.75, 3.05) is 6.54 Å². The van der Waals surface area contributed by atoms with E-state index in [1.807, 2.05) is 30.3 Å². The summed E-state index contributed by atoms with van der Waals surface area (Å²) in [5.41, 5.74) is 0.741. The van der Waals surface area contributed by atoms with E-state index in [0.29, 0.717) is 12.5 Å². The largest absolute Gasteiger partial charge is 0.481 e. The topological polar surface area (TPSA) is 69.6 Å². The van der Waals surface area contributed by atoms with Crippen LogP contribution in [0.2, 0.25) is 0 Å². The lowest BCUT2D eigenvalue weighted by Gasteiger charge is -2.23. The number of nitrogens with one attached hydrogen (secondary N) is 1. The van der Waals surface area contributed by atoms with Gasteiger partial charge >= 0.3 is 5.97 Å². The van der Waals surface area contributed by atoms with Gasteiger partial charge in [-0.2, -0.15) is 0 Å². The summed E-state index contributed by atoms with van der Waals surface area (Å²) in [4.78, 5) is 10.9. The molecule has 0 amide bonds. The maximum absolute atomic E-state index is 10.9. The first-order valence-corrected chi connectivity index (χ1v) is 6.69. The van der Waals surface area contributed by atoms with Gasteiger partial charge in [-0.1, -0.05) is 44.2 Å². The van der Waals surface area contributed by atoms with Gasteiger partial charge < -0.3 is 15.5 Å². The van der Waals surface area contributed by atoms with Crippen molar-refractivity contribution in [3.63, 3.8) is 0 Å². The number of benzene rings is 1. The average molecular weight is 265 g/mol. The van der Waals surface area contributed by atoms with Gasteiger partial charge in [0, 0.05) is 6.04 Å². The molecule has 1 aromatic carbocycles. The van der Waals surface area contributed by atoms with Crippen LogP contribution in [0.5, 0.6) is 0 Å². The summed E-state index contributed by atoms with van der Waals surface area (Å²) >= 11 is 0. The Morgan fingerprint density at radius 2 is 1.89 bits per heavy atom. The molecule has 0 aromatic heterocycles. The summed E-state index contributed by atoms with van der Waals surface area (Å²) in [5.74, 6) is -0.358. The van der Waals surface area contributed by atoms with Crippen molar-refractivity contribution in [2.45, 2.75) is 38.8 Å². The first-order chi connectivity index (χ1) is 9.00. The molecule has 0 radical (unpaired) electrons. The second kappa shape index (κ2) is 7.92. The Kier molecular flexibility index (Phi) is 6.53. The Labute approximate surface area is 114 Å². The molecular weight excluding hydrogens is 242 g/mol. The van der Waals surface area contributed by atoms with Crippen molar-refractivity contribution in [1.82, 2.24) is 5.32 Å². The third-order valence-electron chi connectivity index (χ3n) is 3.04. The summed E-state index contributed by atoms with van der Waals surface area (Å²) in [5, 5.41) is 22.4. The average Bonchev–Trinajstić information content (AvgIpc) is 2.37. The molecule has 4 nitrogen and oxygen atoms in total. The van der Waals surface area contributed by atoms with E-state index in [-0.39, 0.29) is 6.42 Å². The monoisotopic (exact) mass is 265 g/mol. The van der Waals surface area contributed by atoms with Crippen LogP contribution in [0.1, 0.15) is 38.4 Å². The van der Waals surface area contributed by atoms with Gasteiger partial charge in [-0.15, -0.1) is 0 Å². The van der Waals surface area contributed by atoms with Gasteiger partial charge in [0.15, 0.2) is 0 Å². The van der Waals surface area contributed by atoms with Gasteiger partial charge in [-0.25, -0.2) is 0 Å². The molecule has 4 heteroatoms. The van der Waals surface area contributed by atoms with E-state index in [9.17, 15) is 9.90 Å². The summed E-state index contributed by atoms with van der Waals surface area (Å²) in [7, 11) is 0. The van der Waals surface area contributed by atoms with Crippen molar-refractivity contribution < 1.29 is 15.0 Å². The number of hydrogen-bond acceptors (Lipinski definition) is 3. The van der Waals surface area contributed by atoms with Crippen LogP contribution in [0.25, 0.3) is 0 Å². The van der Waals surface area contributed by atoms with E-state index in [1.165, 1.54) is 0 Å². The molecule has 0 saturated carbocycles. The molecule has 2 unspecified atom stereocenters. The molecule has 0 saturated heterocycles. The standard InChI is InChI=1S/C15H23NO3/c1-11(2)8-9-16-13(10-14(17)18)15(19)12-6-4-3-5-7-12/h3-7,11,13,15-16,19H,8-10H2,1-2H3,(H,17,18). The van der Waals surface area contributed by atoms with E-state index < -0.39 is 18.1 Å². The molecule has 2 atom stereocenters. The number of carboxylic acids is 1. The van der Waals surface area contributed by atoms with E-state index >= 15 is 0 Å². The van der Waals surface area contributed by atoms with Gasteiger partial charge in [-0.3, -0.25) is 4.79 Å². The van der Waals surface area contributed by atoms with Gasteiger partial charge in [0.25, 0.3) is 0 Å². The number of carboxylic acid groups (broad SMARTS) is 1. The molecule has 0 aliphatic rings. The van der Waals surface area contributed by atoms with Gasteiger partial charge in [-0.05, 0) is 24.4 Å². The van der Waals surface area contributed by atoms with Crippen LogP contribution in [-0.2, 0) is 4.79 Å². The maximum Gasteiger partial charge on any atom is 0.305 e. The Morgan fingerprint density at radius 3 is 2.42 bits per heavy atom. The zero-order valence-electron chi connectivity index (χ0n) is 11.5. The molecule has 1 aromatic rings. The summed E-state index contributed by atoms with van der Waals surface area (Å²) in [6.07, 6.45) is 0.0654. The highest BCUT2D eigenvalue weighted by Crippen LogP contribution is 2.19. The van der Waals surface area contributed by atoms with Crippen molar-refractivity contribution in [3.8, 4) is 0 Å². The van der Waals surface area contributed by atoms with E-state index in [1.54, 1.807) is 0 Å². The van der Waals surface area contributed by atoms with Crippen LogP contribution >= 0.6 is 0 Å². The summed E-state index contributed by atoms with van der Waals surface area (Å²) < 4.78 is 0. The molecule has 106 valence electrons. The van der Waals surface area contributed by atoms with Gasteiger partial charge in [0.2, 0.25) is 0 Å². The number of aliphatic hydroxyl groups is 1. The van der Waals surface area contributed by atoms with Crippen LogP contribution in [0, 0.1) is 5.92 Å². The zero-order valence-corrected chi connectivity index (χ0v) is 11.5. The number of rotatable bonds is 8. The molecule has 0 fully saturated rings. The van der Waals surface area contributed by atoms with Crippen molar-refractivity contribution in [3.05, 3.63) is 35.9 Å². The Bertz CT molecular complexity index is 378. The highest BCUT2D eigenvalue weighted by atomic mass is 16.4. The van der Waals surface area contributed by atoms with Crippen LogP contribution in [0.4, 0.5) is 0 Å². The lowest BCUT2D eigenvalue weighted by atomic mass is 9.99. The minimum absolute atomic E-state index is 0.0891. The third kappa shape index (κ3) is 5.85. The van der Waals surface area contributed by atoms with Crippen LogP contribution in [0.3, 0.4) is 0 Å². The fraction of sp³-hybridized carbons (Fsp3) is 0.533. The van der Waals surface area contributed by atoms with Gasteiger partial charge in [0.05, 0.1) is 12.5 Å². The van der Waals surface area contributed by atoms with E-state index in [2.05, 4.69) is 19.2 Å². The van der Waals surface area contributed by atoms with Crippen molar-refractivity contribution in [1.29, 1.82) is 0 Å². The zero-order chi connectivity index (χ0) is 14.3. The predicted octanol–water partition coefficient (Wildman–Crippen LogP) is 2.20. The Balaban J connectivity index is 2.64. The second-order valence-electron chi connectivity index (χ2n) is 5.20. The predicted molar refractivity (Wildman–Crippen MR) is 74.9 cm³/mol. The molecule has 0 heterocycles. The fourth-order valence-electron chi connectivity index (χ4n) is 1.92. The smallest absolute Gasteiger partial charge is 0.305 e. The fourth-order valence-corrected chi connectivity index (χ4v) is 1.92. The summed E-state index contributed by atoms with van der Waals surface area (Å²) in [6, 6.07) is 8.70. The van der Waals surface area contributed by atoms with Crippen LogP contribution in [-0.4, -0.2) is 28.8 Å². The normalized spacial score (nSPS) is 14.3. The molecule has 19 heavy (non-hydrogen) atoms. The molecule has 0 aliphatic carbocycles. The summed E-state index contributed by atoms with van der Waals surface area (Å²) in [6.45, 7) is 4.93. The van der Waals surface area contributed by atoms with E-state index in [0.717, 1.165) is 12.0 Å². The number of carbonyl (C=O) groups is 1. The molecule has 0 aliphatic heterocycles. The van der Waals surface area contributed by atoms with Crippen LogP contribution in [0.15, 0.2) is 30.3 Å². The highest BCUT2D eigenvalue weighted by molar-refractivity contribution is 5.67. The molecule has 0 spiro atoms. The second-order valence-corrected chi connectivity index (χ2v) is 5.20. The SMILES string of the molecule is CC(C)CCNC(CC(=O)O)C(O)c1ccccc1. The minimum atomic E-state index is -0.906. The lowest BCUT2D eigenvalue weighted by molar-refractivity contribution is -0.138. The van der Waals surface area contributed by atoms with Crippen molar-refractivity contribution in [2.24, 2.45) is 5.92 Å². The maximum atomic E-state index is 10.9. The number of hydrogen-bond donors (Lipinski definition) is 3. The molecule has 1 rings (SSSR count). The quantitative estimate of drug-likeness (QED) is 0.674. The molecule has 0 bridgehead atoms. The molecule has 3 N–H and O–H groups in total. The van der Waals surface area contributed by atoms with Crippen LogP contribution < -0.4 is 5.32 Å². The number of aliphatic hydroxyl groups excluding tert-OH is 1. The third-order valence-corrected chi connectivity index (χ3v) is 3.04. The Morgan fingerprint density at radius 1 is 1.26 bits per heavy atom. The highest BCUT2D eigenvalue weighted by Gasteiger charge is 2.22. The minimum Gasteiger partial charge on any atom is -0.481 e. The molecular formula is C15H23NO3. The van der Waals surface area contributed by atoms with E-state index in [4.69, 9.17) is 5.11 Å². The first kappa shape index (κ1) is 15.7. The lowest BCUT2D eigenvalue weighted by Crippen LogP contribution is -2.37.